The third-order valence-corrected chi connectivity index (χ3v) is 4.95. The molecule has 8 heteroatoms. The van der Waals surface area contributed by atoms with Crippen LogP contribution in [0.3, 0.4) is 0 Å². The van der Waals surface area contributed by atoms with E-state index >= 15 is 0 Å². The standard InChI is InChI=1S/C19H24N2O6/c1-3-6-19(2,18(24)25)20-17(23)12-9-16(22)21(11-12)13-4-5-14-15(10-13)27-8-7-26-14/h4-5,10,12H,3,6-9,11H2,1-2H3,(H,20,23)(H,24,25). The minimum absolute atomic E-state index is 0.0437. The third-order valence-electron chi connectivity index (χ3n) is 4.95. The number of anilines is 1. The number of nitrogens with zero attached hydrogens (tertiary/aromatic N) is 1. The van der Waals surface area contributed by atoms with Crippen molar-refractivity contribution in [3.63, 3.8) is 0 Å². The van der Waals surface area contributed by atoms with Crippen LogP contribution in [0.4, 0.5) is 5.69 Å². The van der Waals surface area contributed by atoms with Gasteiger partial charge in [-0.15, -0.1) is 0 Å². The van der Waals surface area contributed by atoms with Crippen LogP contribution in [0.15, 0.2) is 18.2 Å². The third kappa shape index (κ3) is 3.84. The highest BCUT2D eigenvalue weighted by atomic mass is 16.6. The van der Waals surface area contributed by atoms with Crippen molar-refractivity contribution in [2.24, 2.45) is 5.92 Å². The maximum absolute atomic E-state index is 12.6. The second-order valence-corrected chi connectivity index (χ2v) is 7.11. The van der Waals surface area contributed by atoms with Crippen molar-refractivity contribution in [2.45, 2.75) is 38.6 Å². The molecule has 1 saturated heterocycles. The monoisotopic (exact) mass is 376 g/mol. The topological polar surface area (TPSA) is 105 Å². The van der Waals surface area contributed by atoms with Crippen molar-refractivity contribution in [3.05, 3.63) is 18.2 Å². The van der Waals surface area contributed by atoms with E-state index in [0.717, 1.165) is 0 Å². The fourth-order valence-electron chi connectivity index (χ4n) is 3.43. The maximum Gasteiger partial charge on any atom is 0.329 e. The van der Waals surface area contributed by atoms with Gasteiger partial charge in [-0.3, -0.25) is 9.59 Å². The average Bonchev–Trinajstić information content (AvgIpc) is 3.03. The molecular formula is C19H24N2O6. The van der Waals surface area contributed by atoms with Gasteiger partial charge in [0.15, 0.2) is 11.5 Å². The molecule has 0 saturated carbocycles. The Hall–Kier alpha value is -2.77. The van der Waals surface area contributed by atoms with Crippen LogP contribution in [0.25, 0.3) is 0 Å². The van der Waals surface area contributed by atoms with E-state index in [1.165, 1.54) is 11.8 Å². The Balaban J connectivity index is 1.71. The van der Waals surface area contributed by atoms with Crippen LogP contribution in [0.5, 0.6) is 11.5 Å². The number of carboxylic acids is 1. The first kappa shape index (κ1) is 19.0. The fourth-order valence-corrected chi connectivity index (χ4v) is 3.43. The van der Waals surface area contributed by atoms with Gasteiger partial charge in [-0.2, -0.15) is 0 Å². The van der Waals surface area contributed by atoms with Crippen molar-refractivity contribution in [3.8, 4) is 11.5 Å². The van der Waals surface area contributed by atoms with Crippen molar-refractivity contribution in [2.75, 3.05) is 24.7 Å². The van der Waals surface area contributed by atoms with Gasteiger partial charge in [0, 0.05) is 24.7 Å². The zero-order chi connectivity index (χ0) is 19.6. The predicted octanol–water partition coefficient (Wildman–Crippen LogP) is 1.57. The molecule has 0 aromatic heterocycles. The van der Waals surface area contributed by atoms with Gasteiger partial charge in [0.2, 0.25) is 11.8 Å². The lowest BCUT2D eigenvalue weighted by Crippen LogP contribution is -2.54. The van der Waals surface area contributed by atoms with Gasteiger partial charge in [0.1, 0.15) is 18.8 Å². The second-order valence-electron chi connectivity index (χ2n) is 7.11. The van der Waals surface area contributed by atoms with E-state index in [4.69, 9.17) is 9.47 Å². The zero-order valence-corrected chi connectivity index (χ0v) is 15.5. The first-order chi connectivity index (χ1) is 12.8. The molecule has 8 nitrogen and oxygen atoms in total. The molecular weight excluding hydrogens is 352 g/mol. The van der Waals surface area contributed by atoms with Crippen LogP contribution in [0.2, 0.25) is 0 Å². The van der Waals surface area contributed by atoms with Crippen molar-refractivity contribution in [1.82, 2.24) is 5.32 Å². The number of nitrogens with one attached hydrogen (secondary N) is 1. The molecule has 0 bridgehead atoms. The Kier molecular flexibility index (Phi) is 5.25. The minimum Gasteiger partial charge on any atom is -0.486 e. The number of carbonyl (C=O) groups excluding carboxylic acids is 2. The van der Waals surface area contributed by atoms with Gasteiger partial charge in [0.25, 0.3) is 0 Å². The number of carboxylic acid groups (broad SMARTS) is 1. The molecule has 2 heterocycles. The fraction of sp³-hybridized carbons (Fsp3) is 0.526. The summed E-state index contributed by atoms with van der Waals surface area (Å²) in [7, 11) is 0. The number of fused-ring (bicyclic) bond motifs is 1. The Morgan fingerprint density at radius 3 is 2.67 bits per heavy atom. The van der Waals surface area contributed by atoms with Gasteiger partial charge in [-0.1, -0.05) is 13.3 Å². The van der Waals surface area contributed by atoms with Crippen LogP contribution in [0.1, 0.15) is 33.1 Å². The lowest BCUT2D eigenvalue weighted by molar-refractivity contribution is -0.147. The molecule has 1 fully saturated rings. The number of hydrogen-bond acceptors (Lipinski definition) is 5. The van der Waals surface area contributed by atoms with E-state index < -0.39 is 23.3 Å². The van der Waals surface area contributed by atoms with Gasteiger partial charge in [-0.05, 0) is 25.5 Å². The van der Waals surface area contributed by atoms with Crippen LogP contribution in [0, 0.1) is 5.92 Å². The van der Waals surface area contributed by atoms with Gasteiger partial charge in [0.05, 0.1) is 5.92 Å². The quantitative estimate of drug-likeness (QED) is 0.781. The van der Waals surface area contributed by atoms with E-state index in [9.17, 15) is 19.5 Å². The number of aliphatic carboxylic acids is 1. The summed E-state index contributed by atoms with van der Waals surface area (Å²) in [5.41, 5.74) is -0.701. The van der Waals surface area contributed by atoms with Gasteiger partial charge < -0.3 is 24.8 Å². The average molecular weight is 376 g/mol. The van der Waals surface area contributed by atoms with Crippen LogP contribution in [-0.4, -0.2) is 48.2 Å². The summed E-state index contributed by atoms with van der Waals surface area (Å²) in [5, 5.41) is 12.0. The number of amides is 2. The molecule has 3 rings (SSSR count). The molecule has 2 aliphatic heterocycles. The molecule has 2 N–H and O–H groups in total. The van der Waals surface area contributed by atoms with Gasteiger partial charge >= 0.3 is 5.97 Å². The molecule has 146 valence electrons. The molecule has 2 atom stereocenters. The largest absolute Gasteiger partial charge is 0.486 e. The van der Waals surface area contributed by atoms with Gasteiger partial charge in [-0.25, -0.2) is 4.79 Å². The normalized spacial score (nSPS) is 20.9. The van der Waals surface area contributed by atoms with E-state index in [1.54, 1.807) is 18.2 Å². The lowest BCUT2D eigenvalue weighted by Gasteiger charge is -2.27. The highest BCUT2D eigenvalue weighted by Crippen LogP contribution is 2.36. The molecule has 2 aliphatic rings. The highest BCUT2D eigenvalue weighted by Gasteiger charge is 2.40. The molecule has 1 aromatic rings. The first-order valence-corrected chi connectivity index (χ1v) is 9.09. The summed E-state index contributed by atoms with van der Waals surface area (Å²) in [4.78, 5) is 38.1. The Bertz CT molecular complexity index is 765. The SMILES string of the molecule is CCCC(C)(NC(=O)C1CC(=O)N(c2ccc3c(c2)OCCO3)C1)C(=O)O. The van der Waals surface area contributed by atoms with E-state index in [2.05, 4.69) is 5.32 Å². The van der Waals surface area contributed by atoms with E-state index in [-0.39, 0.29) is 18.9 Å². The number of carbonyl (C=O) groups is 3. The summed E-state index contributed by atoms with van der Waals surface area (Å²) in [6.07, 6.45) is 0.985. The zero-order valence-electron chi connectivity index (χ0n) is 15.5. The summed E-state index contributed by atoms with van der Waals surface area (Å²) >= 11 is 0. The molecule has 0 spiro atoms. The number of benzene rings is 1. The molecule has 0 aliphatic carbocycles. The minimum atomic E-state index is -1.33. The highest BCUT2D eigenvalue weighted by molar-refractivity contribution is 6.01. The predicted molar refractivity (Wildman–Crippen MR) is 97.0 cm³/mol. The first-order valence-electron chi connectivity index (χ1n) is 9.09. The van der Waals surface area contributed by atoms with E-state index in [0.29, 0.717) is 43.2 Å². The molecule has 1 aromatic carbocycles. The van der Waals surface area contributed by atoms with Crippen LogP contribution in [-0.2, 0) is 14.4 Å². The number of hydrogen-bond donors (Lipinski definition) is 2. The molecule has 2 amide bonds. The Morgan fingerprint density at radius 2 is 2.00 bits per heavy atom. The lowest BCUT2D eigenvalue weighted by atomic mass is 9.95. The summed E-state index contributed by atoms with van der Waals surface area (Å²) < 4.78 is 11.0. The summed E-state index contributed by atoms with van der Waals surface area (Å²) in [5.74, 6) is -1.07. The smallest absolute Gasteiger partial charge is 0.329 e. The molecule has 2 unspecified atom stereocenters. The van der Waals surface area contributed by atoms with Crippen molar-refractivity contribution in [1.29, 1.82) is 0 Å². The maximum atomic E-state index is 12.6. The number of rotatable bonds is 6. The summed E-state index contributed by atoms with van der Waals surface area (Å²) in [6.45, 7) is 4.48. The van der Waals surface area contributed by atoms with Crippen molar-refractivity contribution < 1.29 is 29.0 Å². The second kappa shape index (κ2) is 7.46. The Morgan fingerprint density at radius 1 is 1.30 bits per heavy atom. The number of ether oxygens (including phenoxy) is 2. The molecule has 0 radical (unpaired) electrons. The van der Waals surface area contributed by atoms with Crippen LogP contribution >= 0.6 is 0 Å². The van der Waals surface area contributed by atoms with Crippen molar-refractivity contribution >= 4 is 23.5 Å². The Labute approximate surface area is 157 Å². The summed E-state index contributed by atoms with van der Waals surface area (Å²) in [6, 6.07) is 5.22. The van der Waals surface area contributed by atoms with Crippen LogP contribution < -0.4 is 19.7 Å². The van der Waals surface area contributed by atoms with E-state index in [1.807, 2.05) is 6.92 Å². The molecule has 27 heavy (non-hydrogen) atoms.